The van der Waals surface area contributed by atoms with Crippen LogP contribution >= 0.6 is 0 Å². The molecule has 0 aliphatic heterocycles. The van der Waals surface area contributed by atoms with E-state index in [0.717, 1.165) is 6.54 Å². The first-order valence-electron chi connectivity index (χ1n) is 6.15. The van der Waals surface area contributed by atoms with Gasteiger partial charge in [-0.1, -0.05) is 0 Å². The number of ether oxygens (including phenoxy) is 1. The van der Waals surface area contributed by atoms with Crippen molar-refractivity contribution in [1.82, 2.24) is 9.47 Å². The summed E-state index contributed by atoms with van der Waals surface area (Å²) < 4.78 is 6.47. The van der Waals surface area contributed by atoms with Gasteiger partial charge in [0, 0.05) is 25.8 Å². The van der Waals surface area contributed by atoms with Crippen LogP contribution in [0, 0.1) is 0 Å². The summed E-state index contributed by atoms with van der Waals surface area (Å²) in [7, 11) is 1.35. The number of amides is 1. The summed E-state index contributed by atoms with van der Waals surface area (Å²) in [5.41, 5.74) is 0.657. The second-order valence-electron chi connectivity index (χ2n) is 3.89. The van der Waals surface area contributed by atoms with Gasteiger partial charge in [-0.3, -0.25) is 9.59 Å². The van der Waals surface area contributed by atoms with Gasteiger partial charge in [0.05, 0.1) is 13.5 Å². The highest BCUT2D eigenvalue weighted by atomic mass is 16.5. The highest BCUT2D eigenvalue weighted by Crippen LogP contribution is 2.07. The summed E-state index contributed by atoms with van der Waals surface area (Å²) in [5, 5.41) is 0. The van der Waals surface area contributed by atoms with E-state index in [9.17, 15) is 9.59 Å². The molecular formula is C13H20N2O3. The normalized spacial score (nSPS) is 10.2. The molecule has 0 unspecified atom stereocenters. The van der Waals surface area contributed by atoms with E-state index in [0.29, 0.717) is 18.8 Å². The third kappa shape index (κ3) is 3.35. The van der Waals surface area contributed by atoms with Crippen molar-refractivity contribution in [3.05, 3.63) is 24.0 Å². The fourth-order valence-corrected chi connectivity index (χ4v) is 1.78. The minimum atomic E-state index is -0.299. The Morgan fingerprint density at radius 1 is 1.39 bits per heavy atom. The smallest absolute Gasteiger partial charge is 0.307 e. The van der Waals surface area contributed by atoms with Gasteiger partial charge < -0.3 is 14.2 Å². The molecule has 0 N–H and O–H groups in total. The molecule has 1 heterocycles. The zero-order valence-corrected chi connectivity index (χ0v) is 11.2. The van der Waals surface area contributed by atoms with E-state index in [-0.39, 0.29) is 18.3 Å². The van der Waals surface area contributed by atoms with Crippen LogP contribution in [0.2, 0.25) is 0 Å². The largest absolute Gasteiger partial charge is 0.469 e. The van der Waals surface area contributed by atoms with E-state index >= 15 is 0 Å². The first-order valence-corrected chi connectivity index (χ1v) is 6.15. The van der Waals surface area contributed by atoms with E-state index in [1.54, 1.807) is 11.0 Å². The Kier molecular flexibility index (Phi) is 5.42. The Morgan fingerprint density at radius 2 is 2.11 bits per heavy atom. The topological polar surface area (TPSA) is 51.5 Å². The Labute approximate surface area is 107 Å². The predicted octanol–water partition coefficient (Wildman–Crippen LogP) is 1.53. The molecule has 0 saturated carbocycles. The second-order valence-corrected chi connectivity index (χ2v) is 3.89. The van der Waals surface area contributed by atoms with Crippen LogP contribution in [-0.4, -0.2) is 41.5 Å². The predicted molar refractivity (Wildman–Crippen MR) is 68.3 cm³/mol. The molecule has 0 spiro atoms. The minimum Gasteiger partial charge on any atom is -0.469 e. The zero-order chi connectivity index (χ0) is 13.5. The molecule has 0 bridgehead atoms. The fourth-order valence-electron chi connectivity index (χ4n) is 1.78. The molecule has 5 heteroatoms. The van der Waals surface area contributed by atoms with Crippen LogP contribution in [-0.2, 0) is 16.1 Å². The van der Waals surface area contributed by atoms with Crippen molar-refractivity contribution in [1.29, 1.82) is 0 Å². The third-order valence-corrected chi connectivity index (χ3v) is 2.87. The summed E-state index contributed by atoms with van der Waals surface area (Å²) in [5.74, 6) is -0.347. The van der Waals surface area contributed by atoms with Crippen molar-refractivity contribution in [2.45, 2.75) is 26.8 Å². The molecule has 0 radical (unpaired) electrons. The molecule has 1 aromatic heterocycles. The maximum absolute atomic E-state index is 12.3. The first kappa shape index (κ1) is 14.3. The average molecular weight is 252 g/mol. The number of aryl methyl sites for hydroxylation is 1. The average Bonchev–Trinajstić information content (AvgIpc) is 2.86. The lowest BCUT2D eigenvalue weighted by atomic mass is 10.3. The maximum atomic E-state index is 12.3. The Bertz CT molecular complexity index is 412. The molecule has 1 aromatic rings. The molecule has 0 saturated heterocycles. The SMILES string of the molecule is CCN(CCC(=O)OC)C(=O)c1cccn1CC. The Morgan fingerprint density at radius 3 is 2.67 bits per heavy atom. The highest BCUT2D eigenvalue weighted by molar-refractivity contribution is 5.93. The summed E-state index contributed by atoms with van der Waals surface area (Å²) in [6.45, 7) is 5.60. The van der Waals surface area contributed by atoms with Crippen LogP contribution in [0.15, 0.2) is 18.3 Å². The Hall–Kier alpha value is -1.78. The number of carbonyl (C=O) groups excluding carboxylic acids is 2. The molecule has 1 amide bonds. The van der Waals surface area contributed by atoms with Gasteiger partial charge in [0.15, 0.2) is 0 Å². The number of rotatable bonds is 6. The van der Waals surface area contributed by atoms with Gasteiger partial charge in [0.25, 0.3) is 5.91 Å². The molecule has 18 heavy (non-hydrogen) atoms. The third-order valence-electron chi connectivity index (χ3n) is 2.87. The number of methoxy groups -OCH3 is 1. The van der Waals surface area contributed by atoms with Gasteiger partial charge in [-0.05, 0) is 26.0 Å². The highest BCUT2D eigenvalue weighted by Gasteiger charge is 2.17. The molecule has 0 fully saturated rings. The Balaban J connectivity index is 2.70. The van der Waals surface area contributed by atoms with Gasteiger partial charge in [0.1, 0.15) is 5.69 Å². The number of hydrogen-bond acceptors (Lipinski definition) is 3. The van der Waals surface area contributed by atoms with Crippen molar-refractivity contribution in [3.63, 3.8) is 0 Å². The molecule has 1 rings (SSSR count). The van der Waals surface area contributed by atoms with Crippen molar-refractivity contribution in [3.8, 4) is 0 Å². The number of carbonyl (C=O) groups is 2. The van der Waals surface area contributed by atoms with E-state index in [1.807, 2.05) is 30.7 Å². The first-order chi connectivity index (χ1) is 8.63. The minimum absolute atomic E-state index is 0.0479. The lowest BCUT2D eigenvalue weighted by molar-refractivity contribution is -0.140. The van der Waals surface area contributed by atoms with Gasteiger partial charge in [-0.25, -0.2) is 0 Å². The molecule has 0 aromatic carbocycles. The van der Waals surface area contributed by atoms with Gasteiger partial charge in [-0.15, -0.1) is 0 Å². The van der Waals surface area contributed by atoms with Crippen LogP contribution in [0.1, 0.15) is 30.8 Å². The number of esters is 1. The molecule has 100 valence electrons. The van der Waals surface area contributed by atoms with E-state index < -0.39 is 0 Å². The molecule has 0 atom stereocenters. The quantitative estimate of drug-likeness (QED) is 0.721. The lowest BCUT2D eigenvalue weighted by Crippen LogP contribution is -2.34. The summed E-state index contributed by atoms with van der Waals surface area (Å²) in [6.07, 6.45) is 2.10. The summed E-state index contributed by atoms with van der Waals surface area (Å²) >= 11 is 0. The van der Waals surface area contributed by atoms with Gasteiger partial charge >= 0.3 is 5.97 Å². The molecule has 0 aliphatic carbocycles. The van der Waals surface area contributed by atoms with Crippen LogP contribution in [0.5, 0.6) is 0 Å². The maximum Gasteiger partial charge on any atom is 0.307 e. The van der Waals surface area contributed by atoms with Crippen molar-refractivity contribution < 1.29 is 14.3 Å². The fraction of sp³-hybridized carbons (Fsp3) is 0.538. The van der Waals surface area contributed by atoms with Crippen molar-refractivity contribution in [2.24, 2.45) is 0 Å². The van der Waals surface area contributed by atoms with Crippen LogP contribution in [0.3, 0.4) is 0 Å². The van der Waals surface area contributed by atoms with Crippen LogP contribution < -0.4 is 0 Å². The zero-order valence-electron chi connectivity index (χ0n) is 11.2. The van der Waals surface area contributed by atoms with E-state index in [4.69, 9.17) is 0 Å². The number of aromatic nitrogens is 1. The van der Waals surface area contributed by atoms with E-state index in [1.165, 1.54) is 7.11 Å². The number of nitrogens with zero attached hydrogens (tertiary/aromatic N) is 2. The summed E-state index contributed by atoms with van der Waals surface area (Å²) in [6, 6.07) is 3.65. The number of hydrogen-bond donors (Lipinski definition) is 0. The standard InChI is InChI=1S/C13H20N2O3/c1-4-14-9-6-7-11(14)13(17)15(5-2)10-8-12(16)18-3/h6-7,9H,4-5,8,10H2,1-3H3. The second kappa shape index (κ2) is 6.83. The van der Waals surface area contributed by atoms with Gasteiger partial charge in [-0.2, -0.15) is 0 Å². The molecule has 0 aliphatic rings. The molecule has 5 nitrogen and oxygen atoms in total. The van der Waals surface area contributed by atoms with Crippen molar-refractivity contribution >= 4 is 11.9 Å². The van der Waals surface area contributed by atoms with Crippen LogP contribution in [0.25, 0.3) is 0 Å². The summed E-state index contributed by atoms with van der Waals surface area (Å²) in [4.78, 5) is 25.0. The van der Waals surface area contributed by atoms with Crippen molar-refractivity contribution in [2.75, 3.05) is 20.2 Å². The van der Waals surface area contributed by atoms with E-state index in [2.05, 4.69) is 4.74 Å². The van der Waals surface area contributed by atoms with Gasteiger partial charge in [0.2, 0.25) is 0 Å². The van der Waals surface area contributed by atoms with Crippen LogP contribution in [0.4, 0.5) is 0 Å². The lowest BCUT2D eigenvalue weighted by Gasteiger charge is -2.21. The monoisotopic (exact) mass is 252 g/mol. The molecular weight excluding hydrogens is 232 g/mol.